The minimum absolute atomic E-state index is 0.0734. The molecule has 10 nitrogen and oxygen atoms in total. The minimum atomic E-state index is -0.699. The molecule has 0 aliphatic heterocycles. The van der Waals surface area contributed by atoms with Gasteiger partial charge in [0.15, 0.2) is 12.4 Å². The lowest BCUT2D eigenvalue weighted by Gasteiger charge is -2.20. The van der Waals surface area contributed by atoms with Crippen molar-refractivity contribution in [3.05, 3.63) is 58.4 Å². The third-order valence-electron chi connectivity index (χ3n) is 4.02. The second-order valence-corrected chi connectivity index (χ2v) is 6.43. The molecule has 1 amide bonds. The summed E-state index contributed by atoms with van der Waals surface area (Å²) in [5.74, 6) is -0.889. The van der Waals surface area contributed by atoms with Gasteiger partial charge in [-0.2, -0.15) is 5.10 Å². The molecule has 0 bridgehead atoms. The molecule has 2 aromatic rings. The molecule has 0 radical (unpaired) electrons. The van der Waals surface area contributed by atoms with Gasteiger partial charge in [0.25, 0.3) is 11.6 Å². The Morgan fingerprint density at radius 2 is 1.93 bits per heavy atom. The molecule has 0 aliphatic carbocycles. The minimum Gasteiger partial charge on any atom is -0.480 e. The number of esters is 1. The summed E-state index contributed by atoms with van der Waals surface area (Å²) in [5, 5.41) is 15.0. The summed E-state index contributed by atoms with van der Waals surface area (Å²) in [7, 11) is 0. The number of nitro groups is 1. The Balaban J connectivity index is 2.26. The number of hydrogen-bond acceptors (Lipinski definition) is 7. The average molecular weight is 416 g/mol. The Labute approximate surface area is 173 Å². The molecule has 0 spiro atoms. The molecule has 1 aromatic carbocycles. The number of carbonyl (C=O) groups is 2. The van der Waals surface area contributed by atoms with Gasteiger partial charge in [-0.3, -0.25) is 14.9 Å². The first-order chi connectivity index (χ1) is 14.3. The highest BCUT2D eigenvalue weighted by atomic mass is 16.6. The van der Waals surface area contributed by atoms with E-state index in [1.54, 1.807) is 11.8 Å². The van der Waals surface area contributed by atoms with Gasteiger partial charge in [0.05, 0.1) is 23.4 Å². The van der Waals surface area contributed by atoms with Crippen LogP contribution in [0.5, 0.6) is 5.75 Å². The number of nitrogens with zero attached hydrogens (tertiary/aromatic N) is 4. The van der Waals surface area contributed by atoms with Gasteiger partial charge in [0.2, 0.25) is 5.69 Å². The Hall–Kier alpha value is -3.69. The quantitative estimate of drug-likeness (QED) is 0.253. The molecule has 10 heteroatoms. The second-order valence-electron chi connectivity index (χ2n) is 6.43. The van der Waals surface area contributed by atoms with Gasteiger partial charge in [-0.1, -0.05) is 12.2 Å². The number of rotatable bonds is 10. The summed E-state index contributed by atoms with van der Waals surface area (Å²) >= 11 is 0. The zero-order chi connectivity index (χ0) is 22.3. The molecule has 2 rings (SSSR count). The fourth-order valence-electron chi connectivity index (χ4n) is 2.60. The maximum atomic E-state index is 12.4. The Morgan fingerprint density at radius 1 is 1.27 bits per heavy atom. The van der Waals surface area contributed by atoms with E-state index in [0.29, 0.717) is 18.8 Å². The number of aromatic nitrogens is 2. The second kappa shape index (κ2) is 10.2. The van der Waals surface area contributed by atoms with Gasteiger partial charge < -0.3 is 14.4 Å². The van der Waals surface area contributed by atoms with Crippen LogP contribution < -0.4 is 4.74 Å². The molecule has 0 saturated carbocycles. The topological polar surface area (TPSA) is 117 Å². The van der Waals surface area contributed by atoms with Crippen molar-refractivity contribution in [1.82, 2.24) is 14.7 Å². The standard InChI is InChI=1S/C20H24N4O6/c1-5-22(11-14(3)4)18(25)13-30-17-12-23(21-19(17)20(26)29-6-2)15-7-9-16(10-8-15)24(27)28/h7-10,12H,3,5-6,11,13H2,1-2,4H3. The van der Waals surface area contributed by atoms with Crippen LogP contribution in [-0.2, 0) is 9.53 Å². The molecule has 1 aromatic heterocycles. The lowest BCUT2D eigenvalue weighted by atomic mass is 10.3. The summed E-state index contributed by atoms with van der Waals surface area (Å²) in [6, 6.07) is 5.62. The Bertz CT molecular complexity index is 935. The largest absolute Gasteiger partial charge is 0.480 e. The molecule has 0 N–H and O–H groups in total. The monoisotopic (exact) mass is 416 g/mol. The van der Waals surface area contributed by atoms with Crippen LogP contribution in [0.15, 0.2) is 42.6 Å². The molecule has 30 heavy (non-hydrogen) atoms. The van der Waals surface area contributed by atoms with Crippen molar-refractivity contribution in [2.45, 2.75) is 20.8 Å². The summed E-state index contributed by atoms with van der Waals surface area (Å²) in [6.07, 6.45) is 1.43. The van der Waals surface area contributed by atoms with Crippen LogP contribution in [0, 0.1) is 10.1 Å². The van der Waals surface area contributed by atoms with Crippen molar-refractivity contribution in [3.8, 4) is 11.4 Å². The number of ether oxygens (including phenoxy) is 2. The predicted octanol–water partition coefficient (Wildman–Crippen LogP) is 2.76. The fraction of sp³-hybridized carbons (Fsp3) is 0.350. The molecule has 0 unspecified atom stereocenters. The highest BCUT2D eigenvalue weighted by Gasteiger charge is 2.22. The third-order valence-corrected chi connectivity index (χ3v) is 4.02. The van der Waals surface area contributed by atoms with Gasteiger partial charge in [-0.25, -0.2) is 9.48 Å². The highest BCUT2D eigenvalue weighted by Crippen LogP contribution is 2.22. The molecular weight excluding hydrogens is 392 g/mol. The van der Waals surface area contributed by atoms with E-state index < -0.39 is 10.9 Å². The van der Waals surface area contributed by atoms with Crippen molar-refractivity contribution in [3.63, 3.8) is 0 Å². The smallest absolute Gasteiger partial charge is 0.362 e. The first-order valence-electron chi connectivity index (χ1n) is 9.33. The Morgan fingerprint density at radius 3 is 2.47 bits per heavy atom. The van der Waals surface area contributed by atoms with Crippen molar-refractivity contribution < 1.29 is 24.0 Å². The lowest BCUT2D eigenvalue weighted by molar-refractivity contribution is -0.384. The number of non-ortho nitro benzene ring substituents is 1. The Kier molecular flexibility index (Phi) is 7.68. The van der Waals surface area contributed by atoms with Gasteiger partial charge in [0, 0.05) is 25.2 Å². The van der Waals surface area contributed by atoms with Gasteiger partial charge in [-0.15, -0.1) is 0 Å². The van der Waals surface area contributed by atoms with Gasteiger partial charge in [0.1, 0.15) is 0 Å². The summed E-state index contributed by atoms with van der Waals surface area (Å²) < 4.78 is 11.9. The lowest BCUT2D eigenvalue weighted by Crippen LogP contribution is -2.35. The average Bonchev–Trinajstić information content (AvgIpc) is 3.14. The molecule has 0 aliphatic rings. The van der Waals surface area contributed by atoms with Crippen LogP contribution in [0.4, 0.5) is 5.69 Å². The maximum absolute atomic E-state index is 12.4. The summed E-state index contributed by atoms with van der Waals surface area (Å²) in [4.78, 5) is 36.6. The first-order valence-corrected chi connectivity index (χ1v) is 9.33. The third kappa shape index (κ3) is 5.66. The van der Waals surface area contributed by atoms with E-state index in [2.05, 4.69) is 11.7 Å². The van der Waals surface area contributed by atoms with E-state index in [9.17, 15) is 19.7 Å². The van der Waals surface area contributed by atoms with Crippen molar-refractivity contribution >= 4 is 17.6 Å². The van der Waals surface area contributed by atoms with E-state index in [1.165, 1.54) is 35.1 Å². The number of amides is 1. The molecule has 0 fully saturated rings. The van der Waals surface area contributed by atoms with Crippen LogP contribution in [0.1, 0.15) is 31.3 Å². The first kappa shape index (κ1) is 22.6. The molecule has 160 valence electrons. The molecule has 0 atom stereocenters. The van der Waals surface area contributed by atoms with Gasteiger partial charge in [-0.05, 0) is 32.9 Å². The van der Waals surface area contributed by atoms with Crippen LogP contribution in [0.25, 0.3) is 5.69 Å². The zero-order valence-electron chi connectivity index (χ0n) is 17.2. The van der Waals surface area contributed by atoms with Gasteiger partial charge >= 0.3 is 5.97 Å². The normalized spacial score (nSPS) is 10.4. The van der Waals surface area contributed by atoms with Crippen LogP contribution >= 0.6 is 0 Å². The SMILES string of the molecule is C=C(C)CN(CC)C(=O)COc1cn(-c2ccc([N+](=O)[O-])cc2)nc1C(=O)OCC. The number of carbonyl (C=O) groups excluding carboxylic acids is 2. The highest BCUT2D eigenvalue weighted by molar-refractivity contribution is 5.90. The maximum Gasteiger partial charge on any atom is 0.362 e. The predicted molar refractivity (Wildman–Crippen MR) is 109 cm³/mol. The van der Waals surface area contributed by atoms with E-state index in [4.69, 9.17) is 9.47 Å². The fourth-order valence-corrected chi connectivity index (χ4v) is 2.60. The van der Waals surface area contributed by atoms with Crippen molar-refractivity contribution in [2.75, 3.05) is 26.3 Å². The number of likely N-dealkylation sites (N-methyl/N-ethyl adjacent to an activating group) is 1. The summed E-state index contributed by atoms with van der Waals surface area (Å²) in [6.45, 7) is 9.88. The number of nitro benzene ring substituents is 1. The van der Waals surface area contributed by atoms with E-state index in [0.717, 1.165) is 5.57 Å². The van der Waals surface area contributed by atoms with Crippen LogP contribution in [0.3, 0.4) is 0 Å². The van der Waals surface area contributed by atoms with E-state index >= 15 is 0 Å². The molecule has 0 saturated heterocycles. The zero-order valence-corrected chi connectivity index (χ0v) is 17.2. The van der Waals surface area contributed by atoms with Crippen LogP contribution in [-0.4, -0.2) is 57.8 Å². The van der Waals surface area contributed by atoms with Crippen LogP contribution in [0.2, 0.25) is 0 Å². The van der Waals surface area contributed by atoms with Crippen molar-refractivity contribution in [2.24, 2.45) is 0 Å². The number of hydrogen-bond donors (Lipinski definition) is 0. The van der Waals surface area contributed by atoms with E-state index in [1.807, 2.05) is 13.8 Å². The molecular formula is C20H24N4O6. The summed E-state index contributed by atoms with van der Waals surface area (Å²) in [5.41, 5.74) is 1.15. The molecule has 1 heterocycles. The van der Waals surface area contributed by atoms with Crippen molar-refractivity contribution in [1.29, 1.82) is 0 Å². The van der Waals surface area contributed by atoms with E-state index in [-0.39, 0.29) is 36.3 Å². The number of benzene rings is 1.